The predicted octanol–water partition coefficient (Wildman–Crippen LogP) is 2.96. The second-order valence-electron chi connectivity index (χ2n) is 4.40. The first-order valence-electron chi connectivity index (χ1n) is 5.50. The number of rotatable bonds is 4. The zero-order valence-corrected chi connectivity index (χ0v) is 11.0. The van der Waals surface area contributed by atoms with E-state index in [2.05, 4.69) is 0 Å². The number of esters is 1. The standard InChI is InChI=1S/C13H17ClO3/c1-4-17-12(16)13(2,3)11(15)9-6-5-7-10(14)8-9/h5-8,11,15H,4H2,1-3H3. The molecule has 0 saturated heterocycles. The molecule has 17 heavy (non-hydrogen) atoms. The van der Waals surface area contributed by atoms with Crippen LogP contribution in [0.2, 0.25) is 5.02 Å². The normalized spacial score (nSPS) is 13.2. The van der Waals surface area contributed by atoms with Gasteiger partial charge in [0.1, 0.15) is 0 Å². The first kappa shape index (κ1) is 14.0. The van der Waals surface area contributed by atoms with E-state index in [0.717, 1.165) is 0 Å². The van der Waals surface area contributed by atoms with Gasteiger partial charge in [0.05, 0.1) is 18.1 Å². The lowest BCUT2D eigenvalue weighted by Gasteiger charge is -2.28. The predicted molar refractivity (Wildman–Crippen MR) is 66.8 cm³/mol. The number of aliphatic hydroxyl groups excluding tert-OH is 1. The molecule has 0 fully saturated rings. The molecule has 1 rings (SSSR count). The van der Waals surface area contributed by atoms with Crippen molar-refractivity contribution in [2.24, 2.45) is 5.41 Å². The van der Waals surface area contributed by atoms with Gasteiger partial charge in [-0.25, -0.2) is 0 Å². The van der Waals surface area contributed by atoms with Gasteiger partial charge in [0.15, 0.2) is 0 Å². The summed E-state index contributed by atoms with van der Waals surface area (Å²) >= 11 is 5.85. The van der Waals surface area contributed by atoms with Crippen LogP contribution in [0.3, 0.4) is 0 Å². The molecule has 1 N–H and O–H groups in total. The zero-order chi connectivity index (χ0) is 13.1. The van der Waals surface area contributed by atoms with Gasteiger partial charge in [-0.3, -0.25) is 4.79 Å². The highest BCUT2D eigenvalue weighted by Crippen LogP contribution is 2.35. The number of carbonyl (C=O) groups excluding carboxylic acids is 1. The van der Waals surface area contributed by atoms with Crippen molar-refractivity contribution >= 4 is 17.6 Å². The van der Waals surface area contributed by atoms with Crippen molar-refractivity contribution in [3.8, 4) is 0 Å². The average Bonchev–Trinajstić information content (AvgIpc) is 2.28. The van der Waals surface area contributed by atoms with E-state index in [0.29, 0.717) is 17.2 Å². The van der Waals surface area contributed by atoms with Crippen molar-refractivity contribution in [1.82, 2.24) is 0 Å². The van der Waals surface area contributed by atoms with Crippen molar-refractivity contribution in [2.75, 3.05) is 6.61 Å². The molecule has 1 aromatic rings. The molecule has 0 amide bonds. The number of benzene rings is 1. The van der Waals surface area contributed by atoms with E-state index in [4.69, 9.17) is 16.3 Å². The van der Waals surface area contributed by atoms with E-state index in [1.165, 1.54) is 0 Å². The molecule has 0 radical (unpaired) electrons. The fourth-order valence-corrected chi connectivity index (χ4v) is 1.72. The Morgan fingerprint density at radius 3 is 2.71 bits per heavy atom. The van der Waals surface area contributed by atoms with Crippen LogP contribution in [0.4, 0.5) is 0 Å². The van der Waals surface area contributed by atoms with E-state index in [-0.39, 0.29) is 0 Å². The first-order valence-corrected chi connectivity index (χ1v) is 5.88. The van der Waals surface area contributed by atoms with Crippen LogP contribution in [0, 0.1) is 5.41 Å². The molecule has 1 unspecified atom stereocenters. The number of hydrogen-bond acceptors (Lipinski definition) is 3. The minimum absolute atomic E-state index is 0.296. The number of ether oxygens (including phenoxy) is 1. The van der Waals surface area contributed by atoms with E-state index < -0.39 is 17.5 Å². The van der Waals surface area contributed by atoms with Crippen LogP contribution in [0.5, 0.6) is 0 Å². The highest BCUT2D eigenvalue weighted by molar-refractivity contribution is 6.30. The molecule has 0 heterocycles. The lowest BCUT2D eigenvalue weighted by atomic mass is 9.83. The number of hydrogen-bond donors (Lipinski definition) is 1. The molecule has 0 aliphatic heterocycles. The lowest BCUT2D eigenvalue weighted by Crippen LogP contribution is -2.33. The lowest BCUT2D eigenvalue weighted by molar-refractivity contribution is -0.160. The Morgan fingerprint density at radius 1 is 1.53 bits per heavy atom. The fraction of sp³-hybridized carbons (Fsp3) is 0.462. The largest absolute Gasteiger partial charge is 0.465 e. The van der Waals surface area contributed by atoms with Crippen molar-refractivity contribution in [3.63, 3.8) is 0 Å². The summed E-state index contributed by atoms with van der Waals surface area (Å²) in [5.74, 6) is -0.424. The molecular formula is C13H17ClO3. The highest BCUT2D eigenvalue weighted by atomic mass is 35.5. The second-order valence-corrected chi connectivity index (χ2v) is 4.84. The van der Waals surface area contributed by atoms with Crippen LogP contribution < -0.4 is 0 Å². The quantitative estimate of drug-likeness (QED) is 0.843. The second kappa shape index (κ2) is 5.52. The topological polar surface area (TPSA) is 46.5 Å². The Balaban J connectivity index is 2.95. The third-order valence-corrected chi connectivity index (χ3v) is 2.88. The van der Waals surface area contributed by atoms with Gasteiger partial charge in [-0.15, -0.1) is 0 Å². The van der Waals surface area contributed by atoms with Gasteiger partial charge in [-0.1, -0.05) is 23.7 Å². The molecule has 3 nitrogen and oxygen atoms in total. The van der Waals surface area contributed by atoms with Gasteiger partial charge in [-0.2, -0.15) is 0 Å². The molecular weight excluding hydrogens is 240 g/mol. The third-order valence-electron chi connectivity index (χ3n) is 2.65. The van der Waals surface area contributed by atoms with Gasteiger partial charge in [0.2, 0.25) is 0 Å². The summed E-state index contributed by atoms with van der Waals surface area (Å²) in [6.45, 7) is 5.33. The van der Waals surface area contributed by atoms with Crippen LogP contribution in [-0.4, -0.2) is 17.7 Å². The molecule has 1 atom stereocenters. The van der Waals surface area contributed by atoms with E-state index >= 15 is 0 Å². The van der Waals surface area contributed by atoms with Crippen LogP contribution in [0.25, 0.3) is 0 Å². The zero-order valence-electron chi connectivity index (χ0n) is 10.2. The maximum absolute atomic E-state index is 11.7. The Labute approximate surface area is 106 Å². The van der Waals surface area contributed by atoms with Crippen LogP contribution >= 0.6 is 11.6 Å². The minimum atomic E-state index is -0.999. The first-order chi connectivity index (χ1) is 7.89. The molecule has 0 aliphatic rings. The summed E-state index contributed by atoms with van der Waals surface area (Å²) < 4.78 is 4.95. The Hall–Kier alpha value is -1.06. The molecule has 0 spiro atoms. The Kier molecular flexibility index (Phi) is 4.54. The summed E-state index contributed by atoms with van der Waals surface area (Å²) in [6.07, 6.45) is -0.944. The van der Waals surface area contributed by atoms with E-state index in [1.807, 2.05) is 0 Å². The summed E-state index contributed by atoms with van der Waals surface area (Å²) in [5.41, 5.74) is -0.392. The summed E-state index contributed by atoms with van der Waals surface area (Å²) in [4.78, 5) is 11.7. The smallest absolute Gasteiger partial charge is 0.314 e. The molecule has 0 saturated carbocycles. The van der Waals surface area contributed by atoms with Crippen molar-refractivity contribution in [3.05, 3.63) is 34.9 Å². The van der Waals surface area contributed by atoms with Crippen molar-refractivity contribution in [1.29, 1.82) is 0 Å². The monoisotopic (exact) mass is 256 g/mol. The molecule has 0 aliphatic carbocycles. The number of carbonyl (C=O) groups is 1. The van der Waals surface area contributed by atoms with Crippen LogP contribution in [0.15, 0.2) is 24.3 Å². The number of aliphatic hydroxyl groups is 1. The summed E-state index contributed by atoms with van der Waals surface area (Å²) in [6, 6.07) is 6.84. The van der Waals surface area contributed by atoms with Crippen LogP contribution in [-0.2, 0) is 9.53 Å². The SMILES string of the molecule is CCOC(=O)C(C)(C)C(O)c1cccc(Cl)c1. The van der Waals surface area contributed by atoms with Gasteiger partial charge < -0.3 is 9.84 Å². The van der Waals surface area contributed by atoms with E-state index in [1.54, 1.807) is 45.0 Å². The molecule has 1 aromatic carbocycles. The summed E-state index contributed by atoms with van der Waals surface area (Å²) in [5, 5.41) is 10.7. The van der Waals surface area contributed by atoms with Gasteiger partial charge in [-0.05, 0) is 38.5 Å². The highest BCUT2D eigenvalue weighted by Gasteiger charge is 2.38. The number of halogens is 1. The van der Waals surface area contributed by atoms with Crippen LogP contribution in [0.1, 0.15) is 32.4 Å². The van der Waals surface area contributed by atoms with Gasteiger partial charge >= 0.3 is 5.97 Å². The molecule has 0 aromatic heterocycles. The molecule has 94 valence electrons. The van der Waals surface area contributed by atoms with Crippen molar-refractivity contribution in [2.45, 2.75) is 26.9 Å². The summed E-state index contributed by atoms with van der Waals surface area (Å²) in [7, 11) is 0. The maximum Gasteiger partial charge on any atom is 0.314 e. The van der Waals surface area contributed by atoms with E-state index in [9.17, 15) is 9.90 Å². The minimum Gasteiger partial charge on any atom is -0.465 e. The maximum atomic E-state index is 11.7. The Bertz CT molecular complexity index is 401. The third kappa shape index (κ3) is 3.20. The molecule has 0 bridgehead atoms. The van der Waals surface area contributed by atoms with Crippen molar-refractivity contribution < 1.29 is 14.6 Å². The Morgan fingerprint density at radius 2 is 2.18 bits per heavy atom. The van der Waals surface area contributed by atoms with Gasteiger partial charge in [0.25, 0.3) is 0 Å². The average molecular weight is 257 g/mol. The van der Waals surface area contributed by atoms with Gasteiger partial charge in [0, 0.05) is 5.02 Å². The molecule has 4 heteroatoms. The fourth-order valence-electron chi connectivity index (χ4n) is 1.52.